The van der Waals surface area contributed by atoms with Gasteiger partial charge in [0.05, 0.1) is 11.7 Å². The second-order valence-corrected chi connectivity index (χ2v) is 7.03. The molecule has 1 heterocycles. The van der Waals surface area contributed by atoms with E-state index in [9.17, 15) is 4.79 Å². The topological polar surface area (TPSA) is 53.2 Å². The number of nitrogens with one attached hydrogen (secondary N) is 3. The maximum absolute atomic E-state index is 12.5. The number of urea groups is 1. The first-order chi connectivity index (χ1) is 11.6. The Labute approximate surface area is 151 Å². The molecule has 0 radical (unpaired) electrons. The molecule has 2 atom stereocenters. The van der Waals surface area contributed by atoms with Gasteiger partial charge in [0, 0.05) is 10.5 Å². The molecule has 1 aliphatic heterocycles. The Balaban J connectivity index is 1.76. The number of halogens is 1. The first-order valence-electron chi connectivity index (χ1n) is 8.25. The van der Waals surface area contributed by atoms with E-state index in [2.05, 4.69) is 57.0 Å². The normalized spacial score (nSPS) is 18.2. The Morgan fingerprint density at radius 3 is 2.79 bits per heavy atom. The van der Waals surface area contributed by atoms with Gasteiger partial charge in [-0.3, -0.25) is 0 Å². The van der Waals surface area contributed by atoms with Crippen LogP contribution in [-0.2, 0) is 0 Å². The van der Waals surface area contributed by atoms with Gasteiger partial charge in [0.15, 0.2) is 0 Å². The lowest BCUT2D eigenvalue weighted by Gasteiger charge is -2.26. The minimum absolute atomic E-state index is 0.0464. The van der Waals surface area contributed by atoms with Crippen LogP contribution in [0.25, 0.3) is 0 Å². The van der Waals surface area contributed by atoms with Crippen LogP contribution in [-0.4, -0.2) is 18.6 Å². The highest BCUT2D eigenvalue weighted by Gasteiger charge is 2.27. The largest absolute Gasteiger partial charge is 0.329 e. The standard InChI is InChI=1S/C19H22BrN3O/c1-13-6-4-7-14(12-13)18(17-10-5-11-21-17)23-19(24)22-16-9-3-2-8-15(16)20/h2-4,6-9,12,17-18,21H,5,10-11H2,1H3,(H2,22,23,24)/t17-,18?/m1/s1. The molecule has 3 rings (SSSR count). The fraction of sp³-hybridized carbons (Fsp3) is 0.316. The third-order valence-corrected chi connectivity index (χ3v) is 5.00. The fourth-order valence-electron chi connectivity index (χ4n) is 3.14. The van der Waals surface area contributed by atoms with Crippen LogP contribution in [0, 0.1) is 6.92 Å². The van der Waals surface area contributed by atoms with Crippen molar-refractivity contribution in [1.82, 2.24) is 10.6 Å². The molecule has 2 aromatic rings. The van der Waals surface area contributed by atoms with Gasteiger partial charge in [-0.2, -0.15) is 0 Å². The van der Waals surface area contributed by atoms with Gasteiger partial charge in [-0.15, -0.1) is 0 Å². The highest BCUT2D eigenvalue weighted by atomic mass is 79.9. The average Bonchev–Trinajstić information content (AvgIpc) is 3.09. The number of para-hydroxylation sites is 1. The van der Waals surface area contributed by atoms with Gasteiger partial charge >= 0.3 is 6.03 Å². The Morgan fingerprint density at radius 2 is 2.08 bits per heavy atom. The number of hydrogen-bond donors (Lipinski definition) is 3. The predicted octanol–water partition coefficient (Wildman–Crippen LogP) is 4.37. The zero-order valence-corrected chi connectivity index (χ0v) is 15.3. The summed E-state index contributed by atoms with van der Waals surface area (Å²) in [5, 5.41) is 9.57. The zero-order valence-electron chi connectivity index (χ0n) is 13.7. The number of anilines is 1. The molecule has 0 spiro atoms. The lowest BCUT2D eigenvalue weighted by Crippen LogP contribution is -2.42. The number of rotatable bonds is 4. The molecule has 0 saturated carbocycles. The molecule has 2 aromatic carbocycles. The average molecular weight is 388 g/mol. The molecule has 0 aromatic heterocycles. The Morgan fingerprint density at radius 1 is 1.25 bits per heavy atom. The molecule has 4 nitrogen and oxygen atoms in total. The second kappa shape index (κ2) is 7.81. The van der Waals surface area contributed by atoms with Crippen molar-refractivity contribution in [1.29, 1.82) is 0 Å². The van der Waals surface area contributed by atoms with E-state index in [1.807, 2.05) is 30.3 Å². The molecule has 3 N–H and O–H groups in total. The summed E-state index contributed by atoms with van der Waals surface area (Å²) in [6.07, 6.45) is 2.20. The summed E-state index contributed by atoms with van der Waals surface area (Å²) in [5.41, 5.74) is 3.09. The zero-order chi connectivity index (χ0) is 16.9. The van der Waals surface area contributed by atoms with E-state index in [0.29, 0.717) is 0 Å². The van der Waals surface area contributed by atoms with E-state index in [4.69, 9.17) is 0 Å². The summed E-state index contributed by atoms with van der Waals surface area (Å²) in [5.74, 6) is 0. The summed E-state index contributed by atoms with van der Waals surface area (Å²) < 4.78 is 0.867. The molecule has 24 heavy (non-hydrogen) atoms. The van der Waals surface area contributed by atoms with Crippen molar-refractivity contribution in [2.75, 3.05) is 11.9 Å². The summed E-state index contributed by atoms with van der Waals surface area (Å²) in [6, 6.07) is 16.0. The van der Waals surface area contributed by atoms with Crippen LogP contribution in [0.15, 0.2) is 53.0 Å². The highest BCUT2D eigenvalue weighted by Crippen LogP contribution is 2.25. The van der Waals surface area contributed by atoms with E-state index in [1.54, 1.807) is 0 Å². The van der Waals surface area contributed by atoms with Gasteiger partial charge in [-0.1, -0.05) is 42.0 Å². The SMILES string of the molecule is Cc1cccc(C(NC(=O)Nc2ccccc2Br)[C@H]2CCCN2)c1. The lowest BCUT2D eigenvalue weighted by molar-refractivity contribution is 0.245. The number of benzene rings is 2. The molecule has 126 valence electrons. The molecule has 1 fully saturated rings. The van der Waals surface area contributed by atoms with Crippen molar-refractivity contribution in [3.8, 4) is 0 Å². The Kier molecular flexibility index (Phi) is 5.53. The second-order valence-electron chi connectivity index (χ2n) is 6.17. The summed E-state index contributed by atoms with van der Waals surface area (Å²) in [7, 11) is 0. The predicted molar refractivity (Wildman–Crippen MR) is 101 cm³/mol. The van der Waals surface area contributed by atoms with Crippen molar-refractivity contribution < 1.29 is 4.79 Å². The third-order valence-electron chi connectivity index (χ3n) is 4.31. The molecule has 1 saturated heterocycles. The van der Waals surface area contributed by atoms with E-state index < -0.39 is 0 Å². The third kappa shape index (κ3) is 4.16. The monoisotopic (exact) mass is 387 g/mol. The van der Waals surface area contributed by atoms with Crippen LogP contribution in [0.1, 0.15) is 30.0 Å². The van der Waals surface area contributed by atoms with Gasteiger partial charge in [-0.25, -0.2) is 4.79 Å². The minimum atomic E-state index is -0.192. The highest BCUT2D eigenvalue weighted by molar-refractivity contribution is 9.10. The number of hydrogen-bond acceptors (Lipinski definition) is 2. The maximum atomic E-state index is 12.5. The Hall–Kier alpha value is -1.85. The van der Waals surface area contributed by atoms with Gasteiger partial charge in [0.2, 0.25) is 0 Å². The van der Waals surface area contributed by atoms with Gasteiger partial charge < -0.3 is 16.0 Å². The quantitative estimate of drug-likeness (QED) is 0.729. The first-order valence-corrected chi connectivity index (χ1v) is 9.05. The smallest absolute Gasteiger partial charge is 0.319 e. The van der Waals surface area contributed by atoms with Crippen molar-refractivity contribution >= 4 is 27.6 Å². The molecule has 0 bridgehead atoms. The van der Waals surface area contributed by atoms with Crippen LogP contribution in [0.5, 0.6) is 0 Å². The summed E-state index contributed by atoms with van der Waals surface area (Å²) in [6.45, 7) is 3.07. The first kappa shape index (κ1) is 17.0. The lowest BCUT2D eigenvalue weighted by atomic mass is 9.97. The molecule has 2 amide bonds. The van der Waals surface area contributed by atoms with Crippen LogP contribution >= 0.6 is 15.9 Å². The van der Waals surface area contributed by atoms with Gasteiger partial charge in [0.1, 0.15) is 0 Å². The van der Waals surface area contributed by atoms with Crippen LogP contribution < -0.4 is 16.0 Å². The van der Waals surface area contributed by atoms with Crippen LogP contribution in [0.4, 0.5) is 10.5 Å². The molecule has 1 unspecified atom stereocenters. The number of amides is 2. The molecule has 0 aliphatic carbocycles. The fourth-order valence-corrected chi connectivity index (χ4v) is 3.52. The van der Waals surface area contributed by atoms with Crippen molar-refractivity contribution in [2.45, 2.75) is 31.8 Å². The van der Waals surface area contributed by atoms with Crippen molar-refractivity contribution in [3.05, 3.63) is 64.1 Å². The van der Waals surface area contributed by atoms with E-state index in [1.165, 1.54) is 5.56 Å². The summed E-state index contributed by atoms with van der Waals surface area (Å²) in [4.78, 5) is 12.5. The van der Waals surface area contributed by atoms with Gasteiger partial charge in [0.25, 0.3) is 0 Å². The molecular formula is C19H22BrN3O. The number of carbonyl (C=O) groups is 1. The van der Waals surface area contributed by atoms with Crippen LogP contribution in [0.2, 0.25) is 0 Å². The van der Waals surface area contributed by atoms with Crippen LogP contribution in [0.3, 0.4) is 0 Å². The van der Waals surface area contributed by atoms with E-state index in [-0.39, 0.29) is 18.1 Å². The maximum Gasteiger partial charge on any atom is 0.319 e. The molecular weight excluding hydrogens is 366 g/mol. The molecule has 1 aliphatic rings. The van der Waals surface area contributed by atoms with Gasteiger partial charge in [-0.05, 0) is 59.9 Å². The van der Waals surface area contributed by atoms with E-state index in [0.717, 1.165) is 35.1 Å². The Bertz CT molecular complexity index is 713. The van der Waals surface area contributed by atoms with E-state index >= 15 is 0 Å². The van der Waals surface area contributed by atoms with Crippen molar-refractivity contribution in [2.24, 2.45) is 0 Å². The minimum Gasteiger partial charge on any atom is -0.329 e. The number of aryl methyl sites for hydroxylation is 1. The summed E-state index contributed by atoms with van der Waals surface area (Å²) >= 11 is 3.46. The molecule has 5 heteroatoms. The van der Waals surface area contributed by atoms with Crippen molar-refractivity contribution in [3.63, 3.8) is 0 Å². The number of carbonyl (C=O) groups excluding carboxylic acids is 1.